The van der Waals surface area contributed by atoms with Crippen molar-refractivity contribution in [1.29, 1.82) is 0 Å². The van der Waals surface area contributed by atoms with Gasteiger partial charge in [-0.25, -0.2) is 4.98 Å². The van der Waals surface area contributed by atoms with Crippen molar-refractivity contribution < 1.29 is 0 Å². The fraction of sp³-hybridized carbons (Fsp3) is 0.545. The van der Waals surface area contributed by atoms with Crippen LogP contribution in [-0.2, 0) is 0 Å². The van der Waals surface area contributed by atoms with Gasteiger partial charge in [-0.3, -0.25) is 0 Å². The summed E-state index contributed by atoms with van der Waals surface area (Å²) in [6.45, 7) is 5.21. The van der Waals surface area contributed by atoms with E-state index >= 15 is 0 Å². The molecule has 0 amide bonds. The minimum Gasteiger partial charge on any atom is -0.370 e. The molecule has 1 heterocycles. The minimum atomic E-state index is 0.303. The molecule has 2 N–H and O–H groups in total. The Hall–Kier alpha value is -1.25. The average molecular weight is 191 g/mol. The smallest absolute Gasteiger partial charge is 0.128 e. The van der Waals surface area contributed by atoms with Crippen molar-refractivity contribution in [3.8, 4) is 0 Å². The number of anilines is 2. The van der Waals surface area contributed by atoms with Crippen LogP contribution in [0.2, 0.25) is 0 Å². The summed E-state index contributed by atoms with van der Waals surface area (Å²) in [7, 11) is 0. The summed E-state index contributed by atoms with van der Waals surface area (Å²) < 4.78 is 0. The number of rotatable bonds is 4. The number of hydrogen-bond acceptors (Lipinski definition) is 3. The highest BCUT2D eigenvalue weighted by Crippen LogP contribution is 2.37. The molecular weight excluding hydrogens is 174 g/mol. The van der Waals surface area contributed by atoms with Crippen molar-refractivity contribution in [2.24, 2.45) is 0 Å². The highest BCUT2D eigenvalue weighted by atomic mass is 15.1. The molecule has 0 radical (unpaired) electrons. The van der Waals surface area contributed by atoms with Gasteiger partial charge in [-0.05, 0) is 38.8 Å². The van der Waals surface area contributed by atoms with Crippen LogP contribution in [0.1, 0.15) is 26.7 Å². The second kappa shape index (κ2) is 3.48. The molecule has 0 bridgehead atoms. The Labute approximate surface area is 84.9 Å². The summed E-state index contributed by atoms with van der Waals surface area (Å²) in [5, 5.41) is 6.64. The molecule has 1 aliphatic rings. The van der Waals surface area contributed by atoms with Crippen LogP contribution in [0.15, 0.2) is 18.2 Å². The number of aromatic nitrogens is 1. The molecule has 1 aliphatic carbocycles. The second-order valence-electron chi connectivity index (χ2n) is 4.12. The molecule has 1 aromatic heterocycles. The lowest BCUT2D eigenvalue weighted by Gasteiger charge is -2.13. The molecule has 3 heteroatoms. The Morgan fingerprint density at radius 1 is 1.36 bits per heavy atom. The highest BCUT2D eigenvalue weighted by Gasteiger charge is 2.37. The molecule has 0 aliphatic heterocycles. The van der Waals surface area contributed by atoms with Gasteiger partial charge in [0.2, 0.25) is 0 Å². The number of hydrogen-bond donors (Lipinski definition) is 2. The van der Waals surface area contributed by atoms with E-state index in [-0.39, 0.29) is 0 Å². The number of pyridine rings is 1. The van der Waals surface area contributed by atoms with Crippen LogP contribution in [0.4, 0.5) is 11.6 Å². The van der Waals surface area contributed by atoms with Gasteiger partial charge in [0, 0.05) is 12.1 Å². The molecule has 76 valence electrons. The minimum absolute atomic E-state index is 0.303. The fourth-order valence-corrected chi connectivity index (χ4v) is 1.41. The van der Waals surface area contributed by atoms with E-state index in [1.807, 2.05) is 18.2 Å². The summed E-state index contributed by atoms with van der Waals surface area (Å²) in [4.78, 5) is 4.47. The summed E-state index contributed by atoms with van der Waals surface area (Å²) in [6.07, 6.45) is 2.50. The van der Waals surface area contributed by atoms with Crippen LogP contribution in [-0.4, -0.2) is 17.1 Å². The maximum absolute atomic E-state index is 4.47. The van der Waals surface area contributed by atoms with Crippen molar-refractivity contribution in [2.45, 2.75) is 32.2 Å². The first-order valence-corrected chi connectivity index (χ1v) is 5.21. The molecule has 14 heavy (non-hydrogen) atoms. The predicted octanol–water partition coefficient (Wildman–Crippen LogP) is 2.48. The van der Waals surface area contributed by atoms with Crippen LogP contribution in [0, 0.1) is 0 Å². The molecule has 1 fully saturated rings. The van der Waals surface area contributed by atoms with Gasteiger partial charge in [0.25, 0.3) is 0 Å². The zero-order chi connectivity index (χ0) is 10.0. The average Bonchev–Trinajstić information content (AvgIpc) is 2.84. The van der Waals surface area contributed by atoms with Crippen LogP contribution in [0.5, 0.6) is 0 Å². The Morgan fingerprint density at radius 3 is 2.71 bits per heavy atom. The van der Waals surface area contributed by atoms with Gasteiger partial charge in [-0.2, -0.15) is 0 Å². The van der Waals surface area contributed by atoms with Crippen LogP contribution in [0.25, 0.3) is 0 Å². The lowest BCUT2D eigenvalue weighted by Crippen LogP contribution is -2.17. The van der Waals surface area contributed by atoms with E-state index in [9.17, 15) is 0 Å². The molecule has 1 aromatic rings. The van der Waals surface area contributed by atoms with Crippen molar-refractivity contribution in [2.75, 3.05) is 17.2 Å². The molecule has 0 atom stereocenters. The van der Waals surface area contributed by atoms with E-state index in [4.69, 9.17) is 0 Å². The SMILES string of the molecule is CCNc1cccc(NC2(C)CC2)n1. The first-order valence-electron chi connectivity index (χ1n) is 5.21. The zero-order valence-electron chi connectivity index (χ0n) is 8.80. The van der Waals surface area contributed by atoms with Gasteiger partial charge >= 0.3 is 0 Å². The van der Waals surface area contributed by atoms with Crippen molar-refractivity contribution in [3.05, 3.63) is 18.2 Å². The molecular formula is C11H17N3. The third kappa shape index (κ3) is 2.16. The van der Waals surface area contributed by atoms with E-state index in [0.717, 1.165) is 18.2 Å². The van der Waals surface area contributed by atoms with Crippen LogP contribution < -0.4 is 10.6 Å². The topological polar surface area (TPSA) is 37.0 Å². The van der Waals surface area contributed by atoms with Crippen molar-refractivity contribution in [3.63, 3.8) is 0 Å². The number of nitrogens with one attached hydrogen (secondary N) is 2. The molecule has 2 rings (SSSR count). The maximum atomic E-state index is 4.47. The summed E-state index contributed by atoms with van der Waals surface area (Å²) in [6, 6.07) is 6.04. The van der Waals surface area contributed by atoms with Crippen molar-refractivity contribution in [1.82, 2.24) is 4.98 Å². The Balaban J connectivity index is 2.06. The summed E-state index contributed by atoms with van der Waals surface area (Å²) >= 11 is 0. The molecule has 1 saturated carbocycles. The quantitative estimate of drug-likeness (QED) is 0.767. The first-order chi connectivity index (χ1) is 6.72. The fourth-order valence-electron chi connectivity index (χ4n) is 1.41. The van der Waals surface area contributed by atoms with E-state index in [1.54, 1.807) is 0 Å². The lowest BCUT2D eigenvalue weighted by molar-refractivity contribution is 0.821. The van der Waals surface area contributed by atoms with Gasteiger partial charge in [0.15, 0.2) is 0 Å². The van der Waals surface area contributed by atoms with E-state index in [1.165, 1.54) is 12.8 Å². The monoisotopic (exact) mass is 191 g/mol. The maximum Gasteiger partial charge on any atom is 0.128 e. The number of nitrogens with zero attached hydrogens (tertiary/aromatic N) is 1. The third-order valence-corrected chi connectivity index (χ3v) is 2.54. The Bertz CT molecular complexity index is 318. The predicted molar refractivity (Wildman–Crippen MR) is 59.7 cm³/mol. The second-order valence-corrected chi connectivity index (χ2v) is 4.12. The Kier molecular flexibility index (Phi) is 2.32. The normalized spacial score (nSPS) is 17.6. The van der Waals surface area contributed by atoms with E-state index in [0.29, 0.717) is 5.54 Å². The van der Waals surface area contributed by atoms with Crippen molar-refractivity contribution >= 4 is 11.6 Å². The molecule has 0 saturated heterocycles. The lowest BCUT2D eigenvalue weighted by atomic mass is 10.3. The highest BCUT2D eigenvalue weighted by molar-refractivity contribution is 5.47. The van der Waals surface area contributed by atoms with E-state index < -0.39 is 0 Å². The van der Waals surface area contributed by atoms with Gasteiger partial charge < -0.3 is 10.6 Å². The largest absolute Gasteiger partial charge is 0.370 e. The molecule has 3 nitrogen and oxygen atoms in total. The van der Waals surface area contributed by atoms with Gasteiger partial charge in [0.05, 0.1) is 0 Å². The first kappa shape index (κ1) is 9.31. The van der Waals surface area contributed by atoms with Crippen LogP contribution >= 0.6 is 0 Å². The van der Waals surface area contributed by atoms with Gasteiger partial charge in [0.1, 0.15) is 11.6 Å². The van der Waals surface area contributed by atoms with Gasteiger partial charge in [-0.15, -0.1) is 0 Å². The van der Waals surface area contributed by atoms with Crippen LogP contribution in [0.3, 0.4) is 0 Å². The molecule has 0 spiro atoms. The Morgan fingerprint density at radius 2 is 2.07 bits per heavy atom. The zero-order valence-corrected chi connectivity index (χ0v) is 8.80. The van der Waals surface area contributed by atoms with E-state index in [2.05, 4.69) is 29.5 Å². The molecule has 0 aromatic carbocycles. The standard InChI is InChI=1S/C11H17N3/c1-3-12-9-5-4-6-10(13-9)14-11(2)7-8-11/h4-6H,3,7-8H2,1-2H3,(H2,12,13,14). The third-order valence-electron chi connectivity index (χ3n) is 2.54. The summed E-state index contributed by atoms with van der Waals surface area (Å²) in [5.41, 5.74) is 0.303. The molecule has 0 unspecified atom stereocenters. The summed E-state index contributed by atoms with van der Waals surface area (Å²) in [5.74, 6) is 1.92. The van der Waals surface area contributed by atoms with Gasteiger partial charge in [-0.1, -0.05) is 6.07 Å².